The SMILES string of the molecule is NC(=O)CSc1ccccc1NC(=O)C=Cc1cccc(Cl)c1. The smallest absolute Gasteiger partial charge is 0.248 e. The molecule has 0 saturated carbocycles. The Balaban J connectivity index is 2.04. The molecule has 3 N–H and O–H groups in total. The van der Waals surface area contributed by atoms with Crippen LogP contribution < -0.4 is 11.1 Å². The van der Waals surface area contributed by atoms with Gasteiger partial charge in [-0.05, 0) is 35.9 Å². The van der Waals surface area contributed by atoms with Crippen molar-refractivity contribution in [2.24, 2.45) is 5.73 Å². The van der Waals surface area contributed by atoms with E-state index in [-0.39, 0.29) is 11.7 Å². The van der Waals surface area contributed by atoms with Gasteiger partial charge in [-0.1, -0.05) is 35.9 Å². The number of primary amides is 1. The van der Waals surface area contributed by atoms with Crippen LogP contribution in [0.1, 0.15) is 5.56 Å². The van der Waals surface area contributed by atoms with Crippen molar-refractivity contribution in [2.45, 2.75) is 4.90 Å². The molecule has 0 bridgehead atoms. The van der Waals surface area contributed by atoms with E-state index in [1.165, 1.54) is 17.8 Å². The molecule has 118 valence electrons. The van der Waals surface area contributed by atoms with Crippen molar-refractivity contribution in [1.82, 2.24) is 0 Å². The fraction of sp³-hybridized carbons (Fsp3) is 0.0588. The average molecular weight is 347 g/mol. The van der Waals surface area contributed by atoms with Gasteiger partial charge in [-0.15, -0.1) is 11.8 Å². The number of carbonyl (C=O) groups excluding carboxylic acids is 2. The quantitative estimate of drug-likeness (QED) is 0.620. The van der Waals surface area contributed by atoms with Crippen LogP contribution in [0.15, 0.2) is 59.5 Å². The van der Waals surface area contributed by atoms with E-state index in [1.807, 2.05) is 30.3 Å². The second kappa shape index (κ2) is 8.41. The van der Waals surface area contributed by atoms with E-state index < -0.39 is 5.91 Å². The third-order valence-electron chi connectivity index (χ3n) is 2.79. The summed E-state index contributed by atoms with van der Waals surface area (Å²) in [6.07, 6.45) is 3.11. The predicted octanol–water partition coefficient (Wildman–Crippen LogP) is 3.57. The van der Waals surface area contributed by atoms with Crippen LogP contribution >= 0.6 is 23.4 Å². The van der Waals surface area contributed by atoms with Gasteiger partial charge < -0.3 is 11.1 Å². The van der Waals surface area contributed by atoms with Gasteiger partial charge >= 0.3 is 0 Å². The fourth-order valence-electron chi connectivity index (χ4n) is 1.80. The lowest BCUT2D eigenvalue weighted by Gasteiger charge is -2.08. The number of carbonyl (C=O) groups is 2. The van der Waals surface area contributed by atoms with Crippen molar-refractivity contribution in [2.75, 3.05) is 11.1 Å². The van der Waals surface area contributed by atoms with Crippen LogP contribution in [0.2, 0.25) is 5.02 Å². The zero-order valence-corrected chi connectivity index (χ0v) is 13.7. The Bertz CT molecular complexity index is 747. The Hall–Kier alpha value is -2.24. The molecule has 0 atom stereocenters. The van der Waals surface area contributed by atoms with Crippen LogP contribution in [0.4, 0.5) is 5.69 Å². The summed E-state index contributed by atoms with van der Waals surface area (Å²) in [6.45, 7) is 0. The third-order valence-corrected chi connectivity index (χ3v) is 4.12. The third kappa shape index (κ3) is 5.81. The second-order valence-corrected chi connectivity index (χ2v) is 6.08. The largest absolute Gasteiger partial charge is 0.369 e. The average Bonchev–Trinajstić information content (AvgIpc) is 2.52. The van der Waals surface area contributed by atoms with Crippen molar-refractivity contribution < 1.29 is 9.59 Å². The summed E-state index contributed by atoms with van der Waals surface area (Å²) in [7, 11) is 0. The lowest BCUT2D eigenvalue weighted by Crippen LogP contribution is -2.13. The van der Waals surface area contributed by atoms with E-state index in [1.54, 1.807) is 24.3 Å². The predicted molar refractivity (Wildman–Crippen MR) is 95.5 cm³/mol. The first-order valence-corrected chi connectivity index (χ1v) is 8.16. The maximum absolute atomic E-state index is 12.0. The first-order valence-electron chi connectivity index (χ1n) is 6.79. The van der Waals surface area contributed by atoms with E-state index >= 15 is 0 Å². The topological polar surface area (TPSA) is 72.2 Å². The van der Waals surface area contributed by atoms with E-state index in [9.17, 15) is 9.59 Å². The minimum absolute atomic E-state index is 0.158. The van der Waals surface area contributed by atoms with Crippen molar-refractivity contribution in [3.8, 4) is 0 Å². The van der Waals surface area contributed by atoms with Gasteiger partial charge in [-0.3, -0.25) is 9.59 Å². The zero-order valence-electron chi connectivity index (χ0n) is 12.2. The van der Waals surface area contributed by atoms with E-state index in [4.69, 9.17) is 17.3 Å². The number of anilines is 1. The van der Waals surface area contributed by atoms with Gasteiger partial charge in [0.15, 0.2) is 0 Å². The Kier molecular flexibility index (Phi) is 6.26. The molecule has 2 amide bonds. The van der Waals surface area contributed by atoms with Crippen LogP contribution in [0.25, 0.3) is 6.08 Å². The Morgan fingerprint density at radius 1 is 1.17 bits per heavy atom. The number of amides is 2. The van der Waals surface area contributed by atoms with Crippen molar-refractivity contribution in [3.05, 3.63) is 65.2 Å². The van der Waals surface area contributed by atoms with Gasteiger partial charge in [-0.25, -0.2) is 0 Å². The molecule has 4 nitrogen and oxygen atoms in total. The summed E-state index contributed by atoms with van der Waals surface area (Å²) < 4.78 is 0. The van der Waals surface area contributed by atoms with Gasteiger partial charge in [0, 0.05) is 16.0 Å². The molecule has 0 aliphatic carbocycles. The van der Waals surface area contributed by atoms with Gasteiger partial charge in [-0.2, -0.15) is 0 Å². The second-order valence-electron chi connectivity index (χ2n) is 4.63. The van der Waals surface area contributed by atoms with Crippen LogP contribution in [0.5, 0.6) is 0 Å². The summed E-state index contributed by atoms with van der Waals surface area (Å²) in [6, 6.07) is 14.4. The molecule has 6 heteroatoms. The highest BCUT2D eigenvalue weighted by Gasteiger charge is 2.06. The highest BCUT2D eigenvalue weighted by atomic mass is 35.5. The molecule has 0 fully saturated rings. The summed E-state index contributed by atoms with van der Waals surface area (Å²) in [5, 5.41) is 3.40. The first kappa shape index (κ1) is 17.1. The van der Waals surface area contributed by atoms with Crippen LogP contribution in [-0.2, 0) is 9.59 Å². The molecule has 23 heavy (non-hydrogen) atoms. The van der Waals surface area contributed by atoms with Crippen LogP contribution in [0, 0.1) is 0 Å². The van der Waals surface area contributed by atoms with Gasteiger partial charge in [0.1, 0.15) is 0 Å². The minimum atomic E-state index is -0.406. The van der Waals surface area contributed by atoms with Crippen LogP contribution in [0.3, 0.4) is 0 Å². The number of hydrogen-bond acceptors (Lipinski definition) is 3. The van der Waals surface area contributed by atoms with Gasteiger partial charge in [0.25, 0.3) is 0 Å². The maximum atomic E-state index is 12.0. The molecular weight excluding hydrogens is 332 g/mol. The first-order chi connectivity index (χ1) is 11.0. The molecule has 2 aromatic rings. The molecule has 2 aromatic carbocycles. The molecule has 0 aromatic heterocycles. The molecule has 0 unspecified atom stereocenters. The number of hydrogen-bond donors (Lipinski definition) is 2. The Morgan fingerprint density at radius 3 is 2.70 bits per heavy atom. The number of nitrogens with two attached hydrogens (primary N) is 1. The minimum Gasteiger partial charge on any atom is -0.369 e. The number of rotatable bonds is 6. The Morgan fingerprint density at radius 2 is 1.96 bits per heavy atom. The maximum Gasteiger partial charge on any atom is 0.248 e. The number of thioether (sulfide) groups is 1. The normalized spacial score (nSPS) is 10.7. The number of para-hydroxylation sites is 1. The lowest BCUT2D eigenvalue weighted by atomic mass is 10.2. The van der Waals surface area contributed by atoms with Crippen molar-refractivity contribution >= 4 is 46.9 Å². The molecule has 0 aliphatic heterocycles. The van der Waals surface area contributed by atoms with Crippen LogP contribution in [-0.4, -0.2) is 17.6 Å². The monoisotopic (exact) mass is 346 g/mol. The van der Waals surface area contributed by atoms with Crippen molar-refractivity contribution in [3.63, 3.8) is 0 Å². The highest BCUT2D eigenvalue weighted by molar-refractivity contribution is 8.00. The molecule has 0 heterocycles. The summed E-state index contributed by atoms with van der Waals surface area (Å²) in [5.41, 5.74) is 6.62. The van der Waals surface area contributed by atoms with E-state index in [0.717, 1.165) is 10.5 Å². The lowest BCUT2D eigenvalue weighted by molar-refractivity contribution is -0.115. The van der Waals surface area contributed by atoms with Gasteiger partial charge in [0.2, 0.25) is 11.8 Å². The molecular formula is C17H15ClN2O2S. The molecule has 0 radical (unpaired) electrons. The summed E-state index contributed by atoms with van der Waals surface area (Å²) >= 11 is 7.18. The number of halogens is 1. The van der Waals surface area contributed by atoms with E-state index in [0.29, 0.717) is 10.7 Å². The highest BCUT2D eigenvalue weighted by Crippen LogP contribution is 2.26. The molecule has 0 aliphatic rings. The van der Waals surface area contributed by atoms with E-state index in [2.05, 4.69) is 5.32 Å². The van der Waals surface area contributed by atoms with Crippen molar-refractivity contribution in [1.29, 1.82) is 0 Å². The number of nitrogens with one attached hydrogen (secondary N) is 1. The Labute approximate surface area is 143 Å². The zero-order chi connectivity index (χ0) is 16.7. The summed E-state index contributed by atoms with van der Waals surface area (Å²) in [4.78, 5) is 23.7. The molecule has 0 saturated heterocycles. The molecule has 0 spiro atoms. The van der Waals surface area contributed by atoms with Gasteiger partial charge in [0.05, 0.1) is 11.4 Å². The summed E-state index contributed by atoms with van der Waals surface area (Å²) in [5.74, 6) is -0.514. The number of benzene rings is 2. The fourth-order valence-corrected chi connectivity index (χ4v) is 2.75. The standard InChI is InChI=1S/C17H15ClN2O2S/c18-13-5-3-4-12(10-13)8-9-17(22)20-14-6-1-2-7-15(14)23-11-16(19)21/h1-10H,11H2,(H2,19,21)(H,20,22). The molecule has 2 rings (SSSR count).